The minimum absolute atomic E-state index is 0.0938. The van der Waals surface area contributed by atoms with Gasteiger partial charge in [0.1, 0.15) is 0 Å². The van der Waals surface area contributed by atoms with Crippen molar-refractivity contribution in [1.29, 1.82) is 0 Å². The van der Waals surface area contributed by atoms with Crippen molar-refractivity contribution in [2.24, 2.45) is 11.8 Å². The third-order valence-corrected chi connectivity index (χ3v) is 3.42. The predicted octanol–water partition coefficient (Wildman–Crippen LogP) is 1.64. The van der Waals surface area contributed by atoms with Crippen LogP contribution in [0.3, 0.4) is 0 Å². The van der Waals surface area contributed by atoms with E-state index in [9.17, 15) is 9.90 Å². The van der Waals surface area contributed by atoms with Crippen molar-refractivity contribution in [3.63, 3.8) is 0 Å². The number of carboxylic acid groups (broad SMARTS) is 1. The molecule has 2 heterocycles. The Labute approximate surface area is 94.6 Å². The van der Waals surface area contributed by atoms with Gasteiger partial charge in [-0.05, 0) is 17.5 Å². The molecule has 0 bridgehead atoms. The largest absolute Gasteiger partial charge is 0.481 e. The van der Waals surface area contributed by atoms with Crippen LogP contribution in [0.2, 0.25) is 0 Å². The first-order valence-electron chi connectivity index (χ1n) is 5.52. The van der Waals surface area contributed by atoms with E-state index in [2.05, 4.69) is 4.98 Å². The van der Waals surface area contributed by atoms with Crippen LogP contribution in [0.25, 0.3) is 0 Å². The fourth-order valence-electron chi connectivity index (χ4n) is 2.64. The number of aromatic nitrogens is 1. The second-order valence-electron chi connectivity index (χ2n) is 4.81. The van der Waals surface area contributed by atoms with Crippen molar-refractivity contribution in [2.45, 2.75) is 19.3 Å². The maximum atomic E-state index is 11.4. The lowest BCUT2D eigenvalue weighted by Crippen LogP contribution is -2.56. The summed E-state index contributed by atoms with van der Waals surface area (Å²) in [7, 11) is 0. The van der Waals surface area contributed by atoms with E-state index in [0.29, 0.717) is 13.2 Å². The standard InChI is InChI=1S/C12H17NO3/c1-8(2)10(11(14)15)12(6-16-7-12)9-3-4-13-5-9/h3-5,8,10,13H,6-7H2,1-2H3,(H,14,15). The van der Waals surface area contributed by atoms with Gasteiger partial charge in [-0.3, -0.25) is 4.79 Å². The zero-order valence-corrected chi connectivity index (χ0v) is 9.56. The van der Waals surface area contributed by atoms with Crippen molar-refractivity contribution in [2.75, 3.05) is 13.2 Å². The van der Waals surface area contributed by atoms with Gasteiger partial charge in [0.15, 0.2) is 0 Å². The highest BCUT2D eigenvalue weighted by atomic mass is 16.5. The molecule has 0 aromatic carbocycles. The Bertz CT molecular complexity index is 366. The zero-order valence-electron chi connectivity index (χ0n) is 9.56. The molecule has 0 amide bonds. The summed E-state index contributed by atoms with van der Waals surface area (Å²) in [4.78, 5) is 14.4. The highest BCUT2D eigenvalue weighted by molar-refractivity contribution is 5.73. The van der Waals surface area contributed by atoms with Gasteiger partial charge in [0, 0.05) is 12.4 Å². The van der Waals surface area contributed by atoms with Crippen molar-refractivity contribution in [3.8, 4) is 0 Å². The third-order valence-electron chi connectivity index (χ3n) is 3.42. The van der Waals surface area contributed by atoms with Gasteiger partial charge in [0.25, 0.3) is 0 Å². The van der Waals surface area contributed by atoms with Crippen molar-refractivity contribution < 1.29 is 14.6 Å². The molecular formula is C12H17NO3. The van der Waals surface area contributed by atoms with Gasteiger partial charge >= 0.3 is 5.97 Å². The van der Waals surface area contributed by atoms with E-state index in [4.69, 9.17) is 4.74 Å². The number of H-pyrrole nitrogens is 1. The Morgan fingerprint density at radius 2 is 2.25 bits per heavy atom. The Kier molecular flexibility index (Phi) is 2.76. The summed E-state index contributed by atoms with van der Waals surface area (Å²) in [5.41, 5.74) is 0.694. The quantitative estimate of drug-likeness (QED) is 0.815. The molecule has 1 atom stereocenters. The number of rotatable bonds is 4. The van der Waals surface area contributed by atoms with Gasteiger partial charge in [0.05, 0.1) is 24.5 Å². The molecule has 0 saturated carbocycles. The number of hydrogen-bond acceptors (Lipinski definition) is 2. The van der Waals surface area contributed by atoms with Crippen LogP contribution >= 0.6 is 0 Å². The summed E-state index contributed by atoms with van der Waals surface area (Å²) < 4.78 is 5.27. The van der Waals surface area contributed by atoms with Crippen LogP contribution in [0.5, 0.6) is 0 Å². The summed E-state index contributed by atoms with van der Waals surface area (Å²) in [5.74, 6) is -1.03. The molecule has 88 valence electrons. The third kappa shape index (κ3) is 1.53. The molecule has 1 aromatic rings. The van der Waals surface area contributed by atoms with Crippen molar-refractivity contribution >= 4 is 5.97 Å². The zero-order chi connectivity index (χ0) is 11.8. The number of ether oxygens (including phenoxy) is 1. The van der Waals surface area contributed by atoms with E-state index in [1.165, 1.54) is 0 Å². The number of nitrogens with one attached hydrogen (secondary N) is 1. The van der Waals surface area contributed by atoms with Gasteiger partial charge < -0.3 is 14.8 Å². The molecule has 0 spiro atoms. The van der Waals surface area contributed by atoms with Gasteiger partial charge in [-0.25, -0.2) is 0 Å². The minimum Gasteiger partial charge on any atom is -0.481 e. The number of aromatic amines is 1. The topological polar surface area (TPSA) is 62.3 Å². The number of hydrogen-bond donors (Lipinski definition) is 2. The maximum Gasteiger partial charge on any atom is 0.307 e. The average Bonchev–Trinajstić information content (AvgIpc) is 2.61. The lowest BCUT2D eigenvalue weighted by molar-refractivity contribution is -0.161. The molecule has 4 heteroatoms. The molecule has 4 nitrogen and oxygen atoms in total. The maximum absolute atomic E-state index is 11.4. The fourth-order valence-corrected chi connectivity index (χ4v) is 2.64. The molecular weight excluding hydrogens is 206 g/mol. The molecule has 16 heavy (non-hydrogen) atoms. The first-order valence-corrected chi connectivity index (χ1v) is 5.52. The average molecular weight is 223 g/mol. The molecule has 1 aliphatic heterocycles. The van der Waals surface area contributed by atoms with Crippen molar-refractivity contribution in [3.05, 3.63) is 24.0 Å². The van der Waals surface area contributed by atoms with E-state index >= 15 is 0 Å². The van der Waals surface area contributed by atoms with E-state index in [1.54, 1.807) is 0 Å². The molecule has 1 unspecified atom stereocenters. The second-order valence-corrected chi connectivity index (χ2v) is 4.81. The summed E-state index contributed by atoms with van der Waals surface area (Å²) in [5, 5.41) is 9.38. The number of carbonyl (C=O) groups is 1. The number of carboxylic acids is 1. The van der Waals surface area contributed by atoms with Crippen LogP contribution in [-0.2, 0) is 14.9 Å². The van der Waals surface area contributed by atoms with Crippen LogP contribution in [0, 0.1) is 11.8 Å². The monoisotopic (exact) mass is 223 g/mol. The smallest absolute Gasteiger partial charge is 0.307 e. The minimum atomic E-state index is -0.737. The van der Waals surface area contributed by atoms with E-state index in [-0.39, 0.29) is 11.3 Å². The van der Waals surface area contributed by atoms with Gasteiger partial charge in [-0.2, -0.15) is 0 Å². The Morgan fingerprint density at radius 1 is 1.56 bits per heavy atom. The molecule has 2 N–H and O–H groups in total. The van der Waals surface area contributed by atoms with Gasteiger partial charge in [-0.1, -0.05) is 13.8 Å². The van der Waals surface area contributed by atoms with Crippen LogP contribution in [0.15, 0.2) is 18.5 Å². The normalized spacial score (nSPS) is 20.4. The predicted molar refractivity (Wildman–Crippen MR) is 59.3 cm³/mol. The second kappa shape index (κ2) is 3.94. The van der Waals surface area contributed by atoms with Crippen LogP contribution in [0.4, 0.5) is 0 Å². The molecule has 2 rings (SSSR count). The lowest BCUT2D eigenvalue weighted by Gasteiger charge is -2.46. The Morgan fingerprint density at radius 3 is 2.56 bits per heavy atom. The van der Waals surface area contributed by atoms with Crippen LogP contribution < -0.4 is 0 Å². The highest BCUT2D eigenvalue weighted by Crippen LogP contribution is 2.42. The lowest BCUT2D eigenvalue weighted by atomic mass is 9.65. The van der Waals surface area contributed by atoms with Crippen LogP contribution in [0.1, 0.15) is 19.4 Å². The summed E-state index contributed by atoms with van der Waals surface area (Å²) in [6.45, 7) is 4.90. The first kappa shape index (κ1) is 11.2. The molecule has 0 aliphatic carbocycles. The Hall–Kier alpha value is -1.29. The first-order chi connectivity index (χ1) is 7.58. The van der Waals surface area contributed by atoms with Crippen molar-refractivity contribution in [1.82, 2.24) is 4.98 Å². The van der Waals surface area contributed by atoms with E-state index in [0.717, 1.165) is 5.56 Å². The molecule has 1 fully saturated rings. The molecule has 1 saturated heterocycles. The summed E-state index contributed by atoms with van der Waals surface area (Å²) in [6, 6.07) is 1.95. The Balaban J connectivity index is 2.37. The summed E-state index contributed by atoms with van der Waals surface area (Å²) >= 11 is 0. The summed E-state index contributed by atoms with van der Waals surface area (Å²) in [6.07, 6.45) is 3.70. The highest BCUT2D eigenvalue weighted by Gasteiger charge is 2.51. The van der Waals surface area contributed by atoms with Gasteiger partial charge in [-0.15, -0.1) is 0 Å². The molecule has 1 aromatic heterocycles. The molecule has 0 radical (unpaired) electrons. The SMILES string of the molecule is CC(C)C(C(=O)O)C1(c2cc[nH]c2)COC1. The van der Waals surface area contributed by atoms with Crippen LogP contribution in [-0.4, -0.2) is 29.3 Å². The fraction of sp³-hybridized carbons (Fsp3) is 0.583. The number of aliphatic carboxylic acids is 1. The molecule has 1 aliphatic rings. The van der Waals surface area contributed by atoms with E-state index in [1.807, 2.05) is 32.3 Å². The van der Waals surface area contributed by atoms with Gasteiger partial charge in [0.2, 0.25) is 0 Å². The van der Waals surface area contributed by atoms with E-state index < -0.39 is 11.9 Å².